The highest BCUT2D eigenvalue weighted by Crippen LogP contribution is 2.32. The molecule has 1 aliphatic heterocycles. The summed E-state index contributed by atoms with van der Waals surface area (Å²) in [4.78, 5) is 17.2. The molecule has 1 aromatic heterocycles. The van der Waals surface area contributed by atoms with Crippen LogP contribution in [0.4, 0.5) is 0 Å². The Kier molecular flexibility index (Phi) is 7.20. The van der Waals surface area contributed by atoms with Crippen LogP contribution in [0.1, 0.15) is 16.6 Å². The molecule has 0 unspecified atom stereocenters. The molecule has 8 nitrogen and oxygen atoms in total. The van der Waals surface area contributed by atoms with Crippen molar-refractivity contribution in [1.29, 1.82) is 0 Å². The summed E-state index contributed by atoms with van der Waals surface area (Å²) in [6.45, 7) is -0.555. The number of amides is 1. The smallest absolute Gasteiger partial charge is 0.279 e. The number of ether oxygens (including phenoxy) is 1. The first-order chi connectivity index (χ1) is 15.4. The monoisotopic (exact) mass is 568 g/mol. The first kappa shape index (κ1) is 23.2. The number of nitrogens with zero attached hydrogens (tertiary/aromatic N) is 2. The SMILES string of the molecule is O=C(N=c1scc(-c2ccc(I)cc2)n1[C@@H]1O[C@H](CO)[C@@H](O)[C@H](O)[C@H]1O)c1ccccc1. The van der Waals surface area contributed by atoms with Gasteiger partial charge in [0.25, 0.3) is 5.91 Å². The molecule has 1 amide bonds. The Balaban J connectivity index is 1.86. The molecule has 1 aliphatic rings. The normalized spacial score (nSPS) is 26.3. The second-order valence-corrected chi connectivity index (χ2v) is 9.37. The van der Waals surface area contributed by atoms with Gasteiger partial charge in [0.2, 0.25) is 0 Å². The summed E-state index contributed by atoms with van der Waals surface area (Å²) in [6, 6.07) is 16.2. The van der Waals surface area contributed by atoms with Crippen molar-refractivity contribution in [3.63, 3.8) is 0 Å². The minimum Gasteiger partial charge on any atom is -0.394 e. The molecule has 0 bridgehead atoms. The van der Waals surface area contributed by atoms with E-state index >= 15 is 0 Å². The maximum Gasteiger partial charge on any atom is 0.279 e. The number of aliphatic hydroxyl groups excluding tert-OH is 4. The van der Waals surface area contributed by atoms with E-state index in [2.05, 4.69) is 27.6 Å². The van der Waals surface area contributed by atoms with E-state index in [9.17, 15) is 25.2 Å². The van der Waals surface area contributed by atoms with Gasteiger partial charge < -0.3 is 25.2 Å². The molecule has 32 heavy (non-hydrogen) atoms. The average Bonchev–Trinajstić information content (AvgIpc) is 3.22. The largest absolute Gasteiger partial charge is 0.394 e. The Morgan fingerprint density at radius 1 is 1.03 bits per heavy atom. The zero-order chi connectivity index (χ0) is 22.8. The summed E-state index contributed by atoms with van der Waals surface area (Å²) >= 11 is 3.37. The third kappa shape index (κ3) is 4.57. The van der Waals surface area contributed by atoms with Crippen LogP contribution in [0.15, 0.2) is 65.0 Å². The fourth-order valence-electron chi connectivity index (χ4n) is 3.51. The van der Waals surface area contributed by atoms with Crippen molar-refractivity contribution in [2.75, 3.05) is 6.61 Å². The molecule has 4 N–H and O–H groups in total. The van der Waals surface area contributed by atoms with E-state index < -0.39 is 43.2 Å². The minimum atomic E-state index is -1.56. The summed E-state index contributed by atoms with van der Waals surface area (Å²) < 4.78 is 8.33. The highest BCUT2D eigenvalue weighted by atomic mass is 127. The number of rotatable bonds is 4. The molecule has 4 rings (SSSR count). The number of hydrogen-bond acceptors (Lipinski definition) is 7. The third-order valence-electron chi connectivity index (χ3n) is 5.22. The van der Waals surface area contributed by atoms with E-state index in [1.807, 2.05) is 24.3 Å². The molecule has 10 heteroatoms. The molecule has 5 atom stereocenters. The van der Waals surface area contributed by atoms with Gasteiger partial charge in [-0.3, -0.25) is 9.36 Å². The lowest BCUT2D eigenvalue weighted by atomic mass is 9.98. The second kappa shape index (κ2) is 9.91. The Morgan fingerprint density at radius 3 is 2.38 bits per heavy atom. The molecule has 2 heterocycles. The number of aromatic nitrogens is 1. The van der Waals surface area contributed by atoms with Crippen LogP contribution in [0.3, 0.4) is 0 Å². The molecular weight excluding hydrogens is 547 g/mol. The van der Waals surface area contributed by atoms with Crippen LogP contribution in [-0.2, 0) is 4.74 Å². The van der Waals surface area contributed by atoms with Crippen LogP contribution in [0, 0.1) is 3.57 Å². The molecule has 0 spiro atoms. The molecule has 2 aromatic carbocycles. The summed E-state index contributed by atoms with van der Waals surface area (Å²) in [7, 11) is 0. The van der Waals surface area contributed by atoms with Crippen molar-refractivity contribution >= 4 is 39.8 Å². The number of hydrogen-bond donors (Lipinski definition) is 4. The minimum absolute atomic E-state index is 0.247. The maximum absolute atomic E-state index is 12.8. The van der Waals surface area contributed by atoms with E-state index in [-0.39, 0.29) is 4.80 Å². The fourth-order valence-corrected chi connectivity index (χ4v) is 4.78. The lowest BCUT2D eigenvalue weighted by Crippen LogP contribution is -2.57. The Labute approximate surface area is 201 Å². The van der Waals surface area contributed by atoms with Gasteiger partial charge in [-0.25, -0.2) is 0 Å². The van der Waals surface area contributed by atoms with Crippen LogP contribution >= 0.6 is 33.9 Å². The van der Waals surface area contributed by atoms with Crippen LogP contribution in [0.5, 0.6) is 0 Å². The van der Waals surface area contributed by atoms with Gasteiger partial charge in [-0.05, 0) is 52.4 Å². The van der Waals surface area contributed by atoms with Crippen molar-refractivity contribution in [3.05, 3.63) is 73.9 Å². The van der Waals surface area contributed by atoms with Crippen molar-refractivity contribution in [1.82, 2.24) is 4.57 Å². The van der Waals surface area contributed by atoms with E-state index in [4.69, 9.17) is 4.74 Å². The Hall–Kier alpha value is -1.93. The van der Waals surface area contributed by atoms with Gasteiger partial charge >= 0.3 is 0 Å². The number of carbonyl (C=O) groups excluding carboxylic acids is 1. The zero-order valence-corrected chi connectivity index (χ0v) is 19.6. The number of aliphatic hydroxyl groups is 4. The first-order valence-electron chi connectivity index (χ1n) is 9.81. The van der Waals surface area contributed by atoms with Gasteiger partial charge in [-0.15, -0.1) is 11.3 Å². The van der Waals surface area contributed by atoms with Crippen LogP contribution in [0.25, 0.3) is 11.3 Å². The first-order valence-corrected chi connectivity index (χ1v) is 11.8. The highest BCUT2D eigenvalue weighted by Gasteiger charge is 2.45. The number of thiazole rings is 1. The van der Waals surface area contributed by atoms with Crippen LogP contribution in [-0.4, -0.2) is 61.9 Å². The van der Waals surface area contributed by atoms with Crippen molar-refractivity contribution in [3.8, 4) is 11.3 Å². The lowest BCUT2D eigenvalue weighted by molar-refractivity contribution is -0.251. The van der Waals surface area contributed by atoms with E-state index in [1.165, 1.54) is 15.9 Å². The molecule has 1 fully saturated rings. The van der Waals surface area contributed by atoms with Crippen molar-refractivity contribution in [2.24, 2.45) is 4.99 Å². The molecular formula is C22H21IN2O6S. The summed E-state index contributed by atoms with van der Waals surface area (Å²) in [5.74, 6) is -0.472. The van der Waals surface area contributed by atoms with E-state index in [0.29, 0.717) is 11.3 Å². The predicted molar refractivity (Wildman–Crippen MR) is 126 cm³/mol. The average molecular weight is 568 g/mol. The highest BCUT2D eigenvalue weighted by molar-refractivity contribution is 14.1. The number of halogens is 1. The lowest BCUT2D eigenvalue weighted by Gasteiger charge is -2.40. The second-order valence-electron chi connectivity index (χ2n) is 7.28. The fraction of sp³-hybridized carbons (Fsp3) is 0.273. The number of benzene rings is 2. The quantitative estimate of drug-likeness (QED) is 0.354. The molecule has 0 radical (unpaired) electrons. The van der Waals surface area contributed by atoms with E-state index in [1.54, 1.807) is 35.7 Å². The van der Waals surface area contributed by atoms with Gasteiger partial charge in [-0.1, -0.05) is 30.3 Å². The van der Waals surface area contributed by atoms with Gasteiger partial charge in [0.15, 0.2) is 11.0 Å². The summed E-state index contributed by atoms with van der Waals surface area (Å²) in [5, 5.41) is 42.6. The molecule has 0 aliphatic carbocycles. The standard InChI is InChI=1S/C22H21IN2O6S/c23-14-8-6-12(7-9-14)15-11-32-22(24-20(30)13-4-2-1-3-5-13)25(15)21-19(29)18(28)17(27)16(10-26)31-21/h1-9,11,16-19,21,26-29H,10H2/t16-,17-,18+,19-,21-/m1/s1. The third-order valence-corrected chi connectivity index (χ3v) is 6.78. The van der Waals surface area contributed by atoms with Gasteiger partial charge in [0, 0.05) is 14.5 Å². The molecule has 0 saturated carbocycles. The molecule has 168 valence electrons. The van der Waals surface area contributed by atoms with E-state index in [0.717, 1.165) is 9.13 Å². The Morgan fingerprint density at radius 2 is 1.72 bits per heavy atom. The molecule has 1 saturated heterocycles. The van der Waals surface area contributed by atoms with Crippen molar-refractivity contribution in [2.45, 2.75) is 30.6 Å². The van der Waals surface area contributed by atoms with Gasteiger partial charge in [0.05, 0.1) is 12.3 Å². The Bertz CT molecular complexity index is 1150. The predicted octanol–water partition coefficient (Wildman–Crippen LogP) is 1.53. The zero-order valence-electron chi connectivity index (χ0n) is 16.7. The summed E-state index contributed by atoms with van der Waals surface area (Å²) in [6.07, 6.45) is -6.84. The van der Waals surface area contributed by atoms with Gasteiger partial charge in [0.1, 0.15) is 24.4 Å². The molecule has 3 aromatic rings. The summed E-state index contributed by atoms with van der Waals surface area (Å²) in [5.41, 5.74) is 1.79. The van der Waals surface area contributed by atoms with Crippen LogP contribution in [0.2, 0.25) is 0 Å². The van der Waals surface area contributed by atoms with Crippen molar-refractivity contribution < 1.29 is 30.0 Å². The number of carbonyl (C=O) groups is 1. The van der Waals surface area contributed by atoms with Gasteiger partial charge in [-0.2, -0.15) is 4.99 Å². The van der Waals surface area contributed by atoms with Crippen LogP contribution < -0.4 is 4.80 Å². The maximum atomic E-state index is 12.8. The topological polar surface area (TPSA) is 125 Å².